The topological polar surface area (TPSA) is 0 Å². The highest BCUT2D eigenvalue weighted by molar-refractivity contribution is 6.08. The lowest BCUT2D eigenvalue weighted by atomic mass is 10.0. The molecule has 0 aromatic rings. The minimum absolute atomic E-state index is 0.616. The first-order valence-corrected chi connectivity index (χ1v) is 1.91. The van der Waals surface area contributed by atoms with Crippen molar-refractivity contribution in [2.75, 3.05) is 0 Å². The zero-order chi connectivity index (χ0) is 4.28. The van der Waals surface area contributed by atoms with Crippen molar-refractivity contribution in [1.82, 2.24) is 0 Å². The Bertz CT molecular complexity index is 20.9. The molecule has 0 radical (unpaired) electrons. The van der Waals surface area contributed by atoms with Gasteiger partial charge in [-0.05, 0) is 6.92 Å². The van der Waals surface area contributed by atoms with Crippen LogP contribution in [0.4, 0.5) is 4.39 Å². The number of alkyl halides is 1. The smallest absolute Gasteiger partial charge is 0.105 e. The Morgan fingerprint density at radius 2 is 2.20 bits per heavy atom. The molecule has 0 bridgehead atoms. The monoisotopic (exact) mass is 74.1 g/mol. The van der Waals surface area contributed by atoms with Crippen LogP contribution in [0.25, 0.3) is 0 Å². The first kappa shape index (κ1) is 4.99. The van der Waals surface area contributed by atoms with Crippen LogP contribution in [0, 0.1) is 0 Å². The van der Waals surface area contributed by atoms with Gasteiger partial charge in [0, 0.05) is 0 Å². The molecule has 0 rings (SSSR count). The van der Waals surface area contributed by atoms with Crippen molar-refractivity contribution < 1.29 is 4.39 Å². The quantitative estimate of drug-likeness (QED) is 0.395. The van der Waals surface area contributed by atoms with Gasteiger partial charge < -0.3 is 0 Å². The van der Waals surface area contributed by atoms with E-state index >= 15 is 0 Å². The fourth-order valence-corrected chi connectivity index (χ4v) is 0. The van der Waals surface area contributed by atoms with E-state index in [1.54, 1.807) is 6.92 Å². The Hall–Kier alpha value is -0.00506. The SMILES string of the molecule is BCC(C)F. The van der Waals surface area contributed by atoms with E-state index < -0.39 is 6.17 Å². The summed E-state index contributed by atoms with van der Waals surface area (Å²) in [6.45, 7) is 1.56. The van der Waals surface area contributed by atoms with E-state index in [0.717, 1.165) is 0 Å². The predicted octanol–water partition coefficient (Wildman–Crippen LogP) is 0.396. The predicted molar refractivity (Wildman–Crippen MR) is 23.9 cm³/mol. The number of hydrogen-bond acceptors (Lipinski definition) is 0. The molecule has 0 heterocycles. The molecule has 0 aliphatic heterocycles. The zero-order valence-corrected chi connectivity index (χ0v) is 3.66. The molecule has 0 saturated heterocycles. The molecule has 0 amide bonds. The third kappa shape index (κ3) is 3.99. The summed E-state index contributed by atoms with van der Waals surface area (Å²) in [7, 11) is 1.82. The maximum atomic E-state index is 11.4. The summed E-state index contributed by atoms with van der Waals surface area (Å²) in [6.07, 6.45) is 0.0231. The zero-order valence-electron chi connectivity index (χ0n) is 3.66. The molecular weight excluding hydrogens is 65.8 g/mol. The van der Waals surface area contributed by atoms with Crippen molar-refractivity contribution in [3.8, 4) is 0 Å². The average molecular weight is 73.9 g/mol. The van der Waals surface area contributed by atoms with Crippen LogP contribution in [0.1, 0.15) is 6.92 Å². The summed E-state index contributed by atoms with van der Waals surface area (Å²) in [5, 5.41) is 0. The summed E-state index contributed by atoms with van der Waals surface area (Å²) < 4.78 is 11.4. The molecule has 2 heteroatoms. The van der Waals surface area contributed by atoms with Gasteiger partial charge in [0.15, 0.2) is 0 Å². The lowest BCUT2D eigenvalue weighted by Gasteiger charge is -1.85. The third-order valence-electron chi connectivity index (χ3n) is 0.563. The van der Waals surface area contributed by atoms with Gasteiger partial charge in [-0.3, -0.25) is 0 Å². The second kappa shape index (κ2) is 2.25. The van der Waals surface area contributed by atoms with Crippen molar-refractivity contribution in [1.29, 1.82) is 0 Å². The average Bonchev–Trinajstić information content (AvgIpc) is 1.38. The summed E-state index contributed by atoms with van der Waals surface area (Å²) in [4.78, 5) is 0. The van der Waals surface area contributed by atoms with Gasteiger partial charge in [0.2, 0.25) is 0 Å². The van der Waals surface area contributed by atoms with Gasteiger partial charge in [-0.25, -0.2) is 4.39 Å². The van der Waals surface area contributed by atoms with Crippen LogP contribution in [0.3, 0.4) is 0 Å². The van der Waals surface area contributed by atoms with E-state index in [4.69, 9.17) is 0 Å². The van der Waals surface area contributed by atoms with Crippen LogP contribution in [-0.4, -0.2) is 14.0 Å². The first-order chi connectivity index (χ1) is 2.27. The maximum Gasteiger partial charge on any atom is 0.105 e. The molecule has 0 aliphatic carbocycles. The molecule has 0 aromatic heterocycles. The van der Waals surface area contributed by atoms with E-state index in [2.05, 4.69) is 0 Å². The molecule has 1 atom stereocenters. The van der Waals surface area contributed by atoms with Crippen molar-refractivity contribution in [3.63, 3.8) is 0 Å². The number of hydrogen-bond donors (Lipinski definition) is 0. The van der Waals surface area contributed by atoms with Gasteiger partial charge >= 0.3 is 0 Å². The fourth-order valence-electron chi connectivity index (χ4n) is 0. The van der Waals surface area contributed by atoms with Crippen molar-refractivity contribution in [2.45, 2.75) is 19.4 Å². The van der Waals surface area contributed by atoms with Crippen LogP contribution in [0.2, 0.25) is 6.32 Å². The lowest BCUT2D eigenvalue weighted by Crippen LogP contribution is -1.86. The van der Waals surface area contributed by atoms with E-state index in [9.17, 15) is 4.39 Å². The number of halogens is 1. The highest BCUT2D eigenvalue weighted by atomic mass is 19.1. The second-order valence-electron chi connectivity index (χ2n) is 1.19. The highest BCUT2D eigenvalue weighted by Gasteiger charge is 1.85. The second-order valence-corrected chi connectivity index (χ2v) is 1.19. The van der Waals surface area contributed by atoms with Crippen LogP contribution < -0.4 is 0 Å². The van der Waals surface area contributed by atoms with Gasteiger partial charge in [0.25, 0.3) is 0 Å². The molecule has 0 aromatic carbocycles. The van der Waals surface area contributed by atoms with Gasteiger partial charge in [-0.15, -0.1) is 0 Å². The van der Waals surface area contributed by atoms with Crippen LogP contribution >= 0.6 is 0 Å². The third-order valence-corrected chi connectivity index (χ3v) is 0.563. The Morgan fingerprint density at radius 1 is 2.00 bits per heavy atom. The Morgan fingerprint density at radius 3 is 2.20 bits per heavy atom. The molecule has 0 N–H and O–H groups in total. The fraction of sp³-hybridized carbons (Fsp3) is 1.00. The van der Waals surface area contributed by atoms with Crippen molar-refractivity contribution in [3.05, 3.63) is 0 Å². The van der Waals surface area contributed by atoms with Gasteiger partial charge in [-0.2, -0.15) is 0 Å². The van der Waals surface area contributed by atoms with Crippen LogP contribution in [-0.2, 0) is 0 Å². The Kier molecular flexibility index (Phi) is 2.24. The Balaban J connectivity index is 2.54. The minimum atomic E-state index is -0.616. The molecule has 30 valence electrons. The summed E-state index contributed by atoms with van der Waals surface area (Å²) in [5.41, 5.74) is 0. The number of rotatable bonds is 1. The van der Waals surface area contributed by atoms with Gasteiger partial charge in [-0.1, -0.05) is 6.32 Å². The van der Waals surface area contributed by atoms with Crippen molar-refractivity contribution in [2.24, 2.45) is 0 Å². The normalized spacial score (nSPS) is 14.8. The van der Waals surface area contributed by atoms with E-state index in [1.165, 1.54) is 0 Å². The molecule has 0 fully saturated rings. The van der Waals surface area contributed by atoms with E-state index in [-0.39, 0.29) is 0 Å². The van der Waals surface area contributed by atoms with Crippen LogP contribution in [0.5, 0.6) is 0 Å². The lowest BCUT2D eigenvalue weighted by molar-refractivity contribution is 0.392. The standard InChI is InChI=1S/C3H8BF/c1-3(5)2-4/h3H,2,4H2,1H3. The summed E-state index contributed by atoms with van der Waals surface area (Å²) in [5.74, 6) is 0. The largest absolute Gasteiger partial charge is 0.249 e. The first-order valence-electron chi connectivity index (χ1n) is 1.91. The molecule has 0 nitrogen and oxygen atoms in total. The molecular formula is C3H8BF. The van der Waals surface area contributed by atoms with Gasteiger partial charge in [0.05, 0.1) is 6.17 Å². The molecule has 1 unspecified atom stereocenters. The van der Waals surface area contributed by atoms with E-state index in [1.807, 2.05) is 7.85 Å². The molecule has 0 spiro atoms. The summed E-state index contributed by atoms with van der Waals surface area (Å²) >= 11 is 0. The highest BCUT2D eigenvalue weighted by Crippen LogP contribution is 1.88. The Labute approximate surface area is 32.8 Å². The maximum absolute atomic E-state index is 11.4. The van der Waals surface area contributed by atoms with E-state index in [0.29, 0.717) is 6.32 Å². The molecule has 5 heavy (non-hydrogen) atoms. The molecule has 0 saturated carbocycles. The van der Waals surface area contributed by atoms with Gasteiger partial charge in [0.1, 0.15) is 7.85 Å². The van der Waals surface area contributed by atoms with Crippen LogP contribution in [0.15, 0.2) is 0 Å². The minimum Gasteiger partial charge on any atom is -0.249 e. The molecule has 0 aliphatic rings. The summed E-state index contributed by atoms with van der Waals surface area (Å²) in [6, 6.07) is 0. The van der Waals surface area contributed by atoms with Crippen molar-refractivity contribution >= 4 is 7.85 Å².